The topological polar surface area (TPSA) is 200 Å². The molecule has 2 aliphatic rings. The number of pyridine rings is 1. The Labute approximate surface area is 361 Å². The number of fused-ring (bicyclic) bond motifs is 1. The lowest BCUT2D eigenvalue weighted by Crippen LogP contribution is -2.54. The molecule has 15 nitrogen and oxygen atoms in total. The molecule has 3 atom stereocenters. The van der Waals surface area contributed by atoms with Crippen LogP contribution in [0.3, 0.4) is 0 Å². The van der Waals surface area contributed by atoms with Crippen molar-refractivity contribution in [3.63, 3.8) is 0 Å². The summed E-state index contributed by atoms with van der Waals surface area (Å²) in [4.78, 5) is 101. The number of carbonyl (C=O) groups excluding carboxylic acids is 7. The molecule has 4 heterocycles. The van der Waals surface area contributed by atoms with Gasteiger partial charge in [-0.2, -0.15) is 0 Å². The molecule has 1 saturated heterocycles. The smallest absolute Gasteiger partial charge is 0.294 e. The van der Waals surface area contributed by atoms with Gasteiger partial charge in [-0.1, -0.05) is 84.9 Å². The summed E-state index contributed by atoms with van der Waals surface area (Å²) in [6, 6.07) is 33.3. The first-order valence-corrected chi connectivity index (χ1v) is 20.3. The van der Waals surface area contributed by atoms with E-state index in [4.69, 9.17) is 4.42 Å². The lowest BCUT2D eigenvalue weighted by molar-refractivity contribution is -0.136. The van der Waals surface area contributed by atoms with Crippen LogP contribution in [0, 0.1) is 0 Å². The van der Waals surface area contributed by atoms with Crippen LogP contribution in [0.15, 0.2) is 150 Å². The van der Waals surface area contributed by atoms with Gasteiger partial charge in [-0.15, -0.1) is 0 Å². The van der Waals surface area contributed by atoms with Gasteiger partial charge in [0.1, 0.15) is 18.1 Å². The second-order valence-corrected chi connectivity index (χ2v) is 14.9. The number of hydrogen-bond acceptors (Lipinski definition) is 10. The van der Waals surface area contributed by atoms with Gasteiger partial charge in [0.25, 0.3) is 17.7 Å². The molecule has 0 bridgehead atoms. The molecular weight excluding hydrogens is 803 g/mol. The van der Waals surface area contributed by atoms with Crippen molar-refractivity contribution in [3.05, 3.63) is 174 Å². The normalized spacial score (nSPS) is 15.5. The molecule has 6 aromatic rings. The van der Waals surface area contributed by atoms with E-state index in [1.54, 1.807) is 79.0 Å². The van der Waals surface area contributed by atoms with Crippen LogP contribution in [0.4, 0.5) is 11.4 Å². The number of nitrogens with one attached hydrogen (secondary N) is 4. The number of rotatable bonds is 15. The molecule has 7 amide bonds. The van der Waals surface area contributed by atoms with Crippen molar-refractivity contribution in [2.75, 3.05) is 23.3 Å². The number of carbonyl (C=O) groups is 7. The molecule has 63 heavy (non-hydrogen) atoms. The number of piperidine rings is 1. The number of nitrogens with zero attached hydrogens (tertiary/aromatic N) is 3. The highest BCUT2D eigenvalue weighted by Crippen LogP contribution is 2.34. The zero-order valence-electron chi connectivity index (χ0n) is 33.7. The minimum atomic E-state index is -1.31. The lowest BCUT2D eigenvalue weighted by Gasteiger charge is -2.32. The van der Waals surface area contributed by atoms with E-state index in [-0.39, 0.29) is 42.8 Å². The number of imide groups is 2. The molecule has 0 spiro atoms. The summed E-state index contributed by atoms with van der Waals surface area (Å²) in [6.45, 7) is 0.424. The average molecular weight is 844 g/mol. The highest BCUT2D eigenvalue weighted by molar-refractivity contribution is 6.25. The zero-order chi connectivity index (χ0) is 43.9. The fraction of sp³-hybridized carbons (Fsp3) is 0.167. The maximum absolute atomic E-state index is 14.8. The lowest BCUT2D eigenvalue weighted by atomic mass is 10.0. The predicted octanol–water partition coefficient (Wildman–Crippen LogP) is 5.61. The van der Waals surface area contributed by atoms with Gasteiger partial charge in [0, 0.05) is 48.8 Å². The predicted molar refractivity (Wildman–Crippen MR) is 231 cm³/mol. The second kappa shape index (κ2) is 18.6. The molecule has 4 aromatic carbocycles. The molecule has 2 aliphatic heterocycles. The quantitative estimate of drug-likeness (QED) is 0.0745. The number of aromatic nitrogens is 1. The number of benzene rings is 4. The third kappa shape index (κ3) is 8.84. The van der Waals surface area contributed by atoms with E-state index in [0.29, 0.717) is 28.9 Å². The number of hydrogen-bond donors (Lipinski definition) is 4. The van der Waals surface area contributed by atoms with E-state index in [1.807, 2.05) is 42.5 Å². The Kier molecular flexibility index (Phi) is 12.3. The minimum absolute atomic E-state index is 0.00199. The molecule has 1 fully saturated rings. The molecule has 15 heteroatoms. The Bertz CT molecular complexity index is 2660. The fourth-order valence-corrected chi connectivity index (χ4v) is 7.76. The van der Waals surface area contributed by atoms with Gasteiger partial charge in [-0.05, 0) is 72.0 Å². The first-order chi connectivity index (χ1) is 30.7. The van der Waals surface area contributed by atoms with E-state index in [0.717, 1.165) is 16.0 Å². The molecular formula is C48H41N7O8. The summed E-state index contributed by atoms with van der Waals surface area (Å²) in [5.74, 6) is -4.19. The van der Waals surface area contributed by atoms with Crippen LogP contribution in [0.1, 0.15) is 73.7 Å². The van der Waals surface area contributed by atoms with Crippen LogP contribution < -0.4 is 26.2 Å². The van der Waals surface area contributed by atoms with E-state index in [1.165, 1.54) is 29.5 Å². The van der Waals surface area contributed by atoms with Crippen molar-refractivity contribution >= 4 is 52.7 Å². The maximum Gasteiger partial charge on any atom is 0.294 e. The number of anilines is 2. The summed E-state index contributed by atoms with van der Waals surface area (Å²) >= 11 is 0. The molecule has 1 unspecified atom stereocenters. The van der Waals surface area contributed by atoms with Crippen molar-refractivity contribution in [2.24, 2.45) is 0 Å². The highest BCUT2D eigenvalue weighted by atomic mass is 16.3. The highest BCUT2D eigenvalue weighted by Gasteiger charge is 2.45. The maximum atomic E-state index is 14.8. The van der Waals surface area contributed by atoms with Crippen LogP contribution >= 0.6 is 0 Å². The Morgan fingerprint density at radius 3 is 2.19 bits per heavy atom. The van der Waals surface area contributed by atoms with Gasteiger partial charge < -0.3 is 20.4 Å². The van der Waals surface area contributed by atoms with Gasteiger partial charge in [-0.3, -0.25) is 53.7 Å². The summed E-state index contributed by atoms with van der Waals surface area (Å²) in [5, 5.41) is 11.2. The van der Waals surface area contributed by atoms with Gasteiger partial charge in [-0.25, -0.2) is 0 Å². The van der Waals surface area contributed by atoms with Crippen molar-refractivity contribution in [1.82, 2.24) is 25.8 Å². The Balaban J connectivity index is 0.993. The zero-order valence-corrected chi connectivity index (χ0v) is 33.7. The van der Waals surface area contributed by atoms with E-state index in [2.05, 4.69) is 26.3 Å². The first-order valence-electron chi connectivity index (χ1n) is 20.3. The van der Waals surface area contributed by atoms with Crippen LogP contribution in [0.2, 0.25) is 0 Å². The first kappa shape index (κ1) is 41.5. The molecule has 0 saturated carbocycles. The third-order valence-corrected chi connectivity index (χ3v) is 10.8. The van der Waals surface area contributed by atoms with Crippen molar-refractivity contribution in [3.8, 4) is 11.1 Å². The Morgan fingerprint density at radius 1 is 0.762 bits per heavy atom. The van der Waals surface area contributed by atoms with Crippen molar-refractivity contribution in [1.29, 1.82) is 0 Å². The standard InChI is InChI=1S/C48H41N7O8/c56-39-24-23-37(43(57)52-39)55-46(60)35-16-7-17-36(40(35)48(55)62)50-26-10-27-51-44(58)41(32-13-5-2-6-14-32)53-45(59)42(33-15-8-25-49-29-33)54(47(61)38-18-9-28-63-38)34-21-19-31(20-22-34)30-11-3-1-4-12-30/h1-9,11-22,25,28-29,37,41-42,50H,10,23-24,26-27H2,(H,51,58)(H,53,59)(H,52,56,57)/t37?,41-,42+/m0/s1. The summed E-state index contributed by atoms with van der Waals surface area (Å²) in [7, 11) is 0. The second-order valence-electron chi connectivity index (χ2n) is 14.9. The van der Waals surface area contributed by atoms with Crippen molar-refractivity contribution < 1.29 is 38.0 Å². The molecule has 316 valence electrons. The van der Waals surface area contributed by atoms with Gasteiger partial charge in [0.05, 0.1) is 17.4 Å². The molecule has 0 aliphatic carbocycles. The van der Waals surface area contributed by atoms with Gasteiger partial charge in [0.15, 0.2) is 5.76 Å². The number of furan rings is 1. The van der Waals surface area contributed by atoms with E-state index < -0.39 is 59.5 Å². The van der Waals surface area contributed by atoms with E-state index in [9.17, 15) is 33.6 Å². The summed E-state index contributed by atoms with van der Waals surface area (Å²) < 4.78 is 5.54. The Morgan fingerprint density at radius 2 is 1.49 bits per heavy atom. The van der Waals surface area contributed by atoms with Crippen LogP contribution in [0.5, 0.6) is 0 Å². The van der Waals surface area contributed by atoms with Crippen LogP contribution in [-0.4, -0.2) is 70.4 Å². The fourth-order valence-electron chi connectivity index (χ4n) is 7.76. The summed E-state index contributed by atoms with van der Waals surface area (Å²) in [6.07, 6.45) is 4.84. The molecule has 8 rings (SSSR count). The van der Waals surface area contributed by atoms with E-state index >= 15 is 0 Å². The number of amides is 7. The third-order valence-electron chi connectivity index (χ3n) is 10.8. The monoisotopic (exact) mass is 843 g/mol. The van der Waals surface area contributed by atoms with Crippen LogP contribution in [0.25, 0.3) is 11.1 Å². The SMILES string of the molecule is O=C1CCC(N2C(=O)c3cccc(NCCCNC(=O)[C@@H](NC(=O)[C@@H](c4cccnc4)N(C(=O)c4ccco4)c4ccc(-c5ccccc5)cc4)c4ccccc4)c3C2=O)C(=O)N1. The molecule has 0 radical (unpaired) electrons. The summed E-state index contributed by atoms with van der Waals surface area (Å²) in [5.41, 5.74) is 3.78. The molecule has 2 aromatic heterocycles. The largest absolute Gasteiger partial charge is 0.459 e. The minimum Gasteiger partial charge on any atom is -0.459 e. The van der Waals surface area contributed by atoms with Crippen molar-refractivity contribution in [2.45, 2.75) is 37.4 Å². The molecule has 4 N–H and O–H groups in total. The average Bonchev–Trinajstić information content (AvgIpc) is 3.95. The Hall–Kier alpha value is -8.20. The van der Waals surface area contributed by atoms with Gasteiger partial charge >= 0.3 is 0 Å². The van der Waals surface area contributed by atoms with Gasteiger partial charge in [0.2, 0.25) is 23.6 Å². The van der Waals surface area contributed by atoms with Crippen LogP contribution in [-0.2, 0) is 19.2 Å².